The van der Waals surface area contributed by atoms with Gasteiger partial charge in [0.1, 0.15) is 11.0 Å². The molecule has 3 unspecified atom stereocenters. The minimum atomic E-state index is -0.673. The molecular formula is C17H21ClN2O2S2. The van der Waals surface area contributed by atoms with E-state index in [9.17, 15) is 9.90 Å². The maximum Gasteiger partial charge on any atom is 0.320 e. The fourth-order valence-electron chi connectivity index (χ4n) is 4.11. The highest BCUT2D eigenvalue weighted by Gasteiger charge is 2.45. The van der Waals surface area contributed by atoms with Crippen molar-refractivity contribution in [2.75, 3.05) is 0 Å². The summed E-state index contributed by atoms with van der Waals surface area (Å²) in [5, 5.41) is 16.9. The number of aliphatic carboxylic acids is 1. The molecule has 0 aromatic carbocycles. The number of rotatable bonds is 4. The molecule has 1 N–H and O–H groups in total. The van der Waals surface area contributed by atoms with Crippen LogP contribution in [0.25, 0.3) is 10.6 Å². The van der Waals surface area contributed by atoms with Crippen LogP contribution in [0, 0.1) is 5.92 Å². The first-order valence-corrected chi connectivity index (χ1v) is 10.00. The van der Waals surface area contributed by atoms with Gasteiger partial charge in [0.15, 0.2) is 0 Å². The molecule has 4 nitrogen and oxygen atoms in total. The molecule has 2 aromatic rings. The molecule has 2 aliphatic rings. The minimum Gasteiger partial charge on any atom is -0.480 e. The molecule has 3 atom stereocenters. The molecule has 7 heteroatoms. The van der Waals surface area contributed by atoms with Crippen molar-refractivity contribution in [2.24, 2.45) is 5.92 Å². The van der Waals surface area contributed by atoms with Crippen molar-refractivity contribution in [1.82, 2.24) is 9.88 Å². The van der Waals surface area contributed by atoms with Gasteiger partial charge in [0, 0.05) is 28.9 Å². The maximum absolute atomic E-state index is 11.7. The lowest BCUT2D eigenvalue weighted by molar-refractivity contribution is -0.142. The number of halogens is 1. The van der Waals surface area contributed by atoms with Crippen LogP contribution in [0.3, 0.4) is 0 Å². The Kier molecular flexibility index (Phi) is 5.59. The zero-order valence-electron chi connectivity index (χ0n) is 13.3. The minimum absolute atomic E-state index is 0. The Hall–Kier alpha value is -0.950. The fourth-order valence-corrected chi connectivity index (χ4v) is 5.63. The molecule has 1 aliphatic heterocycles. The summed E-state index contributed by atoms with van der Waals surface area (Å²) in [5.41, 5.74) is 2.17. The zero-order valence-corrected chi connectivity index (χ0v) is 15.7. The molecule has 1 saturated carbocycles. The number of thiazole rings is 1. The van der Waals surface area contributed by atoms with Crippen molar-refractivity contribution >= 4 is 41.0 Å². The van der Waals surface area contributed by atoms with Gasteiger partial charge in [0.25, 0.3) is 0 Å². The number of nitrogens with zero attached hydrogens (tertiary/aromatic N) is 2. The normalized spacial score (nSPS) is 26.8. The summed E-state index contributed by atoms with van der Waals surface area (Å²) < 4.78 is 0. The number of carbonyl (C=O) groups is 1. The van der Waals surface area contributed by atoms with E-state index < -0.39 is 5.97 Å². The van der Waals surface area contributed by atoms with Crippen molar-refractivity contribution in [2.45, 2.75) is 50.7 Å². The highest BCUT2D eigenvalue weighted by atomic mass is 35.5. The van der Waals surface area contributed by atoms with Crippen molar-refractivity contribution in [3.05, 3.63) is 27.9 Å². The van der Waals surface area contributed by atoms with Crippen LogP contribution in [0.15, 0.2) is 22.2 Å². The van der Waals surface area contributed by atoms with E-state index in [4.69, 9.17) is 4.98 Å². The van der Waals surface area contributed by atoms with Gasteiger partial charge in [0.2, 0.25) is 0 Å². The Balaban J connectivity index is 0.00000169. The Morgan fingerprint density at radius 2 is 2.17 bits per heavy atom. The number of aromatic nitrogens is 1. The van der Waals surface area contributed by atoms with E-state index in [2.05, 4.69) is 27.1 Å². The molecular weight excluding hydrogens is 364 g/mol. The number of hydrogen-bond donors (Lipinski definition) is 1. The molecule has 2 aromatic heterocycles. The Morgan fingerprint density at radius 3 is 2.92 bits per heavy atom. The van der Waals surface area contributed by atoms with E-state index in [0.717, 1.165) is 29.1 Å². The lowest BCUT2D eigenvalue weighted by atomic mass is 9.85. The fraction of sp³-hybridized carbons (Fsp3) is 0.529. The molecule has 1 aliphatic carbocycles. The van der Waals surface area contributed by atoms with E-state index in [-0.39, 0.29) is 18.4 Å². The molecule has 24 heavy (non-hydrogen) atoms. The van der Waals surface area contributed by atoms with Crippen LogP contribution in [-0.2, 0) is 11.3 Å². The van der Waals surface area contributed by atoms with E-state index in [1.165, 1.54) is 19.3 Å². The second-order valence-corrected chi connectivity index (χ2v) is 8.17. The quantitative estimate of drug-likeness (QED) is 0.842. The lowest BCUT2D eigenvalue weighted by Crippen LogP contribution is -2.41. The summed E-state index contributed by atoms with van der Waals surface area (Å²) in [6, 6.07) is 2.17. The topological polar surface area (TPSA) is 53.4 Å². The second kappa shape index (κ2) is 7.52. The zero-order chi connectivity index (χ0) is 15.8. The second-order valence-electron chi connectivity index (χ2n) is 6.53. The SMILES string of the molecule is Cl.O=C(O)C1CC2CCCCC2N1Cc1csc(-c2ccsc2)n1. The molecule has 3 heterocycles. The summed E-state index contributed by atoms with van der Waals surface area (Å²) in [5.74, 6) is -0.118. The van der Waals surface area contributed by atoms with Crippen molar-refractivity contribution in [3.8, 4) is 10.6 Å². The van der Waals surface area contributed by atoms with Crippen LogP contribution in [0.2, 0.25) is 0 Å². The summed E-state index contributed by atoms with van der Waals surface area (Å²) in [7, 11) is 0. The van der Waals surface area contributed by atoms with Gasteiger partial charge >= 0.3 is 5.97 Å². The molecule has 1 saturated heterocycles. The van der Waals surface area contributed by atoms with Gasteiger partial charge in [0.05, 0.1) is 5.69 Å². The average molecular weight is 385 g/mol. The molecule has 0 bridgehead atoms. The first-order valence-electron chi connectivity index (χ1n) is 8.18. The van der Waals surface area contributed by atoms with Crippen LogP contribution >= 0.6 is 35.1 Å². The molecule has 0 amide bonds. The van der Waals surface area contributed by atoms with Crippen LogP contribution in [0.5, 0.6) is 0 Å². The van der Waals surface area contributed by atoms with Gasteiger partial charge in [-0.1, -0.05) is 12.8 Å². The number of thiophene rings is 1. The molecule has 0 radical (unpaired) electrons. The Labute approximate surface area is 155 Å². The van der Waals surface area contributed by atoms with Crippen LogP contribution in [0.4, 0.5) is 0 Å². The summed E-state index contributed by atoms with van der Waals surface area (Å²) >= 11 is 3.33. The first kappa shape index (κ1) is 17.9. The Morgan fingerprint density at radius 1 is 1.33 bits per heavy atom. The third-order valence-electron chi connectivity index (χ3n) is 5.17. The van der Waals surface area contributed by atoms with Gasteiger partial charge in [-0.25, -0.2) is 4.98 Å². The van der Waals surface area contributed by atoms with Crippen molar-refractivity contribution in [1.29, 1.82) is 0 Å². The summed E-state index contributed by atoms with van der Waals surface area (Å²) in [6.45, 7) is 0.665. The van der Waals surface area contributed by atoms with Crippen molar-refractivity contribution < 1.29 is 9.90 Å². The first-order chi connectivity index (χ1) is 11.2. The highest BCUT2D eigenvalue weighted by Crippen LogP contribution is 2.40. The molecule has 2 fully saturated rings. The summed E-state index contributed by atoms with van der Waals surface area (Å²) in [4.78, 5) is 18.6. The van der Waals surface area contributed by atoms with E-state index >= 15 is 0 Å². The monoisotopic (exact) mass is 384 g/mol. The summed E-state index contributed by atoms with van der Waals surface area (Å²) in [6.07, 6.45) is 5.60. The van der Waals surface area contributed by atoms with Gasteiger partial charge in [-0.15, -0.1) is 23.7 Å². The molecule has 130 valence electrons. The number of carboxylic acids is 1. The van der Waals surface area contributed by atoms with Gasteiger partial charge in [-0.3, -0.25) is 9.69 Å². The van der Waals surface area contributed by atoms with Gasteiger partial charge < -0.3 is 5.11 Å². The third kappa shape index (κ3) is 3.38. The average Bonchev–Trinajstić information content (AvgIpc) is 3.26. The molecule has 4 rings (SSSR count). The smallest absolute Gasteiger partial charge is 0.320 e. The van der Waals surface area contributed by atoms with Crippen molar-refractivity contribution in [3.63, 3.8) is 0 Å². The Bertz CT molecular complexity index is 689. The van der Waals surface area contributed by atoms with E-state index in [1.54, 1.807) is 22.7 Å². The van der Waals surface area contributed by atoms with E-state index in [0.29, 0.717) is 18.5 Å². The predicted molar refractivity (Wildman–Crippen MR) is 100 cm³/mol. The van der Waals surface area contributed by atoms with Gasteiger partial charge in [-0.05, 0) is 36.6 Å². The van der Waals surface area contributed by atoms with Gasteiger partial charge in [-0.2, -0.15) is 11.3 Å². The highest BCUT2D eigenvalue weighted by molar-refractivity contribution is 7.14. The number of carboxylic acid groups (broad SMARTS) is 1. The van der Waals surface area contributed by atoms with Crippen LogP contribution < -0.4 is 0 Å². The number of likely N-dealkylation sites (tertiary alicyclic amines) is 1. The largest absolute Gasteiger partial charge is 0.480 e. The standard InChI is InChI=1S/C17H20N2O2S2.ClH/c20-17(21)15-7-11-3-1-2-4-14(11)19(15)8-13-10-23-16(18-13)12-5-6-22-9-12;/h5-6,9-11,14-15H,1-4,7-8H2,(H,20,21);1H. The lowest BCUT2D eigenvalue weighted by Gasteiger charge is -2.32. The number of fused-ring (bicyclic) bond motifs is 1. The number of hydrogen-bond acceptors (Lipinski definition) is 5. The molecule has 0 spiro atoms. The predicted octanol–water partition coefficient (Wildman–Crippen LogP) is 4.51. The van der Waals surface area contributed by atoms with Crippen LogP contribution in [-0.4, -0.2) is 33.0 Å². The maximum atomic E-state index is 11.7. The van der Waals surface area contributed by atoms with E-state index in [1.807, 2.05) is 0 Å². The third-order valence-corrected chi connectivity index (χ3v) is 6.79. The van der Waals surface area contributed by atoms with Crippen LogP contribution in [0.1, 0.15) is 37.8 Å².